The van der Waals surface area contributed by atoms with Crippen LogP contribution in [0.4, 0.5) is 11.8 Å². The van der Waals surface area contributed by atoms with E-state index in [9.17, 15) is 9.90 Å². The highest BCUT2D eigenvalue weighted by Gasteiger charge is 2.35. The van der Waals surface area contributed by atoms with E-state index in [1.165, 1.54) is 0 Å². The number of carbonyl (C=O) groups is 1. The molecule has 0 radical (unpaired) electrons. The Kier molecular flexibility index (Phi) is 5.36. The zero-order valence-corrected chi connectivity index (χ0v) is 16.2. The van der Waals surface area contributed by atoms with Crippen molar-refractivity contribution in [1.29, 1.82) is 0 Å². The van der Waals surface area contributed by atoms with Gasteiger partial charge in [-0.2, -0.15) is 4.98 Å². The third kappa shape index (κ3) is 4.05. The number of rotatable bonds is 6. The number of carboxylic acid groups (broad SMARTS) is 1. The molecule has 27 heavy (non-hydrogen) atoms. The lowest BCUT2D eigenvalue weighted by atomic mass is 9.85. The van der Waals surface area contributed by atoms with E-state index >= 15 is 0 Å². The Morgan fingerprint density at radius 1 is 1.33 bits per heavy atom. The van der Waals surface area contributed by atoms with Crippen LogP contribution < -0.4 is 9.80 Å². The van der Waals surface area contributed by atoms with Crippen LogP contribution in [0.3, 0.4) is 0 Å². The number of aliphatic carboxylic acids is 1. The number of aryl methyl sites for hydroxylation is 1. The van der Waals surface area contributed by atoms with Crippen molar-refractivity contribution in [2.75, 3.05) is 43.2 Å². The predicted molar refractivity (Wildman–Crippen MR) is 101 cm³/mol. The van der Waals surface area contributed by atoms with Crippen LogP contribution in [0.25, 0.3) is 0 Å². The minimum absolute atomic E-state index is 0.524. The summed E-state index contributed by atoms with van der Waals surface area (Å²) in [6, 6.07) is 3.85. The fraction of sp³-hybridized carbons (Fsp3) is 0.526. The van der Waals surface area contributed by atoms with Gasteiger partial charge in [0.2, 0.25) is 5.95 Å². The normalized spacial score (nSPS) is 15.0. The molecule has 3 heterocycles. The number of nitrogens with zero attached hydrogens (tertiary/aromatic N) is 4. The van der Waals surface area contributed by atoms with Crippen molar-refractivity contribution in [1.82, 2.24) is 9.97 Å². The van der Waals surface area contributed by atoms with Gasteiger partial charge in [-0.05, 0) is 32.9 Å². The summed E-state index contributed by atoms with van der Waals surface area (Å²) in [5.41, 5.74) is -0.494. The van der Waals surface area contributed by atoms with Crippen LogP contribution in [0.1, 0.15) is 30.9 Å². The SMILES string of the molecule is Cc1ccc(CN(C)c2ncc(C(C)(C)C(=O)O)c(N3CCOCC3)n2)o1. The molecule has 0 atom stereocenters. The summed E-state index contributed by atoms with van der Waals surface area (Å²) in [4.78, 5) is 24.9. The topological polar surface area (TPSA) is 91.9 Å². The minimum atomic E-state index is -1.09. The molecule has 1 fully saturated rings. The molecule has 0 unspecified atom stereocenters. The summed E-state index contributed by atoms with van der Waals surface area (Å²) < 4.78 is 11.1. The quantitative estimate of drug-likeness (QED) is 0.823. The molecule has 0 saturated carbocycles. The molecule has 0 aromatic carbocycles. The predicted octanol–water partition coefficient (Wildman–Crippen LogP) is 2.21. The van der Waals surface area contributed by atoms with Crippen LogP contribution >= 0.6 is 0 Å². The van der Waals surface area contributed by atoms with Crippen molar-refractivity contribution in [3.63, 3.8) is 0 Å². The largest absolute Gasteiger partial charge is 0.481 e. The second kappa shape index (κ2) is 7.56. The number of hydrogen-bond acceptors (Lipinski definition) is 7. The molecule has 146 valence electrons. The first kappa shape index (κ1) is 19.2. The van der Waals surface area contributed by atoms with E-state index in [0.717, 1.165) is 11.5 Å². The van der Waals surface area contributed by atoms with Crippen molar-refractivity contribution in [3.8, 4) is 0 Å². The summed E-state index contributed by atoms with van der Waals surface area (Å²) in [5, 5.41) is 9.67. The van der Waals surface area contributed by atoms with Gasteiger partial charge in [-0.15, -0.1) is 0 Å². The molecule has 8 nitrogen and oxygen atoms in total. The Bertz CT molecular complexity index is 812. The number of aromatic nitrogens is 2. The van der Waals surface area contributed by atoms with Crippen LogP contribution in [0.15, 0.2) is 22.7 Å². The molecule has 2 aromatic heterocycles. The van der Waals surface area contributed by atoms with E-state index in [-0.39, 0.29) is 0 Å². The highest BCUT2D eigenvalue weighted by atomic mass is 16.5. The zero-order valence-electron chi connectivity index (χ0n) is 16.2. The van der Waals surface area contributed by atoms with E-state index < -0.39 is 11.4 Å². The molecule has 8 heteroatoms. The minimum Gasteiger partial charge on any atom is -0.481 e. The molecule has 2 aromatic rings. The van der Waals surface area contributed by atoms with Gasteiger partial charge in [0.15, 0.2) is 0 Å². The third-order valence-corrected chi connectivity index (χ3v) is 4.80. The fourth-order valence-electron chi connectivity index (χ4n) is 2.99. The maximum atomic E-state index is 11.8. The zero-order chi connectivity index (χ0) is 19.6. The fourth-order valence-corrected chi connectivity index (χ4v) is 2.99. The summed E-state index contributed by atoms with van der Waals surface area (Å²) in [5.74, 6) is 1.94. The number of carboxylic acids is 1. The second-order valence-electron chi connectivity index (χ2n) is 7.31. The maximum absolute atomic E-state index is 11.8. The molecule has 1 saturated heterocycles. The molecule has 0 amide bonds. The lowest BCUT2D eigenvalue weighted by Gasteiger charge is -2.33. The van der Waals surface area contributed by atoms with E-state index in [4.69, 9.17) is 14.1 Å². The molecule has 1 N–H and O–H groups in total. The van der Waals surface area contributed by atoms with Gasteiger partial charge >= 0.3 is 5.97 Å². The summed E-state index contributed by atoms with van der Waals surface area (Å²) in [6.45, 7) is 8.29. The Labute approximate surface area is 158 Å². The third-order valence-electron chi connectivity index (χ3n) is 4.80. The Morgan fingerprint density at radius 2 is 2.04 bits per heavy atom. The van der Waals surface area contributed by atoms with Crippen molar-refractivity contribution in [2.24, 2.45) is 0 Å². The molecule has 0 bridgehead atoms. The van der Waals surface area contributed by atoms with Gasteiger partial charge in [-0.3, -0.25) is 4.79 Å². The monoisotopic (exact) mass is 374 g/mol. The van der Waals surface area contributed by atoms with Gasteiger partial charge in [0, 0.05) is 31.9 Å². The first-order valence-electron chi connectivity index (χ1n) is 8.99. The van der Waals surface area contributed by atoms with Crippen LogP contribution in [0.5, 0.6) is 0 Å². The van der Waals surface area contributed by atoms with E-state index in [1.807, 2.05) is 31.0 Å². The average Bonchev–Trinajstić information content (AvgIpc) is 3.06. The van der Waals surface area contributed by atoms with Gasteiger partial charge in [0.05, 0.1) is 25.2 Å². The van der Waals surface area contributed by atoms with E-state index in [2.05, 4.69) is 9.88 Å². The second-order valence-corrected chi connectivity index (χ2v) is 7.31. The van der Waals surface area contributed by atoms with Crippen molar-refractivity contribution in [3.05, 3.63) is 35.4 Å². The standard InChI is InChI=1S/C19H26N4O4/c1-13-5-6-14(27-13)12-22(4)18-20-11-15(19(2,3)17(24)25)16(21-18)23-7-9-26-10-8-23/h5-6,11H,7-10,12H2,1-4H3,(H,24,25). The summed E-state index contributed by atoms with van der Waals surface area (Å²) >= 11 is 0. The highest BCUT2D eigenvalue weighted by molar-refractivity contribution is 5.82. The maximum Gasteiger partial charge on any atom is 0.313 e. The van der Waals surface area contributed by atoms with Gasteiger partial charge in [0.25, 0.3) is 0 Å². The van der Waals surface area contributed by atoms with Gasteiger partial charge < -0.3 is 24.1 Å². The van der Waals surface area contributed by atoms with Crippen LogP contribution in [0, 0.1) is 6.92 Å². The van der Waals surface area contributed by atoms with Crippen LogP contribution in [-0.4, -0.2) is 54.4 Å². The first-order valence-corrected chi connectivity index (χ1v) is 8.99. The number of hydrogen-bond donors (Lipinski definition) is 1. The molecule has 3 rings (SSSR count). The summed E-state index contributed by atoms with van der Waals surface area (Å²) in [6.07, 6.45) is 1.63. The lowest BCUT2D eigenvalue weighted by molar-refractivity contribution is -0.142. The van der Waals surface area contributed by atoms with E-state index in [1.54, 1.807) is 20.0 Å². The van der Waals surface area contributed by atoms with Gasteiger partial charge in [0.1, 0.15) is 17.3 Å². The van der Waals surface area contributed by atoms with Crippen molar-refractivity contribution >= 4 is 17.7 Å². The number of anilines is 2. The smallest absolute Gasteiger partial charge is 0.313 e. The molecular formula is C19H26N4O4. The Morgan fingerprint density at radius 3 is 2.63 bits per heavy atom. The summed E-state index contributed by atoms with van der Waals surface area (Å²) in [7, 11) is 1.89. The van der Waals surface area contributed by atoms with Crippen LogP contribution in [-0.2, 0) is 21.5 Å². The molecule has 0 spiro atoms. The number of morpholine rings is 1. The Balaban J connectivity index is 1.95. The highest BCUT2D eigenvalue weighted by Crippen LogP contribution is 2.32. The van der Waals surface area contributed by atoms with E-state index in [0.29, 0.717) is 50.2 Å². The molecular weight excluding hydrogens is 348 g/mol. The van der Waals surface area contributed by atoms with Crippen molar-refractivity contribution < 1.29 is 19.1 Å². The van der Waals surface area contributed by atoms with Crippen molar-refractivity contribution in [2.45, 2.75) is 32.7 Å². The average molecular weight is 374 g/mol. The molecule has 1 aliphatic heterocycles. The molecule has 0 aliphatic carbocycles. The molecule has 1 aliphatic rings. The number of ether oxygens (including phenoxy) is 1. The van der Waals surface area contributed by atoms with Crippen LogP contribution in [0.2, 0.25) is 0 Å². The van der Waals surface area contributed by atoms with Gasteiger partial charge in [-0.25, -0.2) is 4.98 Å². The van der Waals surface area contributed by atoms with Gasteiger partial charge in [-0.1, -0.05) is 0 Å². The first-order chi connectivity index (χ1) is 12.8. The number of furan rings is 1. The lowest BCUT2D eigenvalue weighted by Crippen LogP contribution is -2.40. The Hall–Kier alpha value is -2.61.